The molecule has 0 saturated carbocycles. The normalized spacial score (nSPS) is 18.7. The Balaban J connectivity index is 1.35. The van der Waals surface area contributed by atoms with Crippen molar-refractivity contribution in [2.24, 2.45) is 0 Å². The Kier molecular flexibility index (Phi) is 7.02. The molecule has 1 atom stereocenters. The summed E-state index contributed by atoms with van der Waals surface area (Å²) in [5.74, 6) is 0.802. The quantitative estimate of drug-likeness (QED) is 0.498. The number of urea groups is 1. The lowest BCUT2D eigenvalue weighted by molar-refractivity contribution is 0.105. The van der Waals surface area contributed by atoms with Gasteiger partial charge in [0, 0.05) is 44.0 Å². The molecule has 1 saturated heterocycles. The van der Waals surface area contributed by atoms with Gasteiger partial charge in [-0.05, 0) is 47.7 Å². The number of carbonyl (C=O) groups excluding carboxylic acids is 1. The fourth-order valence-electron chi connectivity index (χ4n) is 5.42. The van der Waals surface area contributed by atoms with E-state index in [4.69, 9.17) is 9.47 Å². The van der Waals surface area contributed by atoms with Crippen LogP contribution in [0.3, 0.4) is 0 Å². The highest BCUT2D eigenvalue weighted by Crippen LogP contribution is 2.41. The van der Waals surface area contributed by atoms with E-state index in [1.54, 1.807) is 14.2 Å². The van der Waals surface area contributed by atoms with Crippen LogP contribution < -0.4 is 10.1 Å². The number of hydrogen-bond acceptors (Lipinski definition) is 4. The third-order valence-electron chi connectivity index (χ3n) is 7.08. The number of carbonyl (C=O) groups is 1. The van der Waals surface area contributed by atoms with Crippen molar-refractivity contribution < 1.29 is 14.3 Å². The van der Waals surface area contributed by atoms with Gasteiger partial charge in [0.15, 0.2) is 0 Å². The molecule has 182 valence electrons. The van der Waals surface area contributed by atoms with Crippen LogP contribution in [0.2, 0.25) is 0 Å². The summed E-state index contributed by atoms with van der Waals surface area (Å²) in [7, 11) is 3.41. The Hall–Kier alpha value is -3.35. The van der Waals surface area contributed by atoms with Crippen molar-refractivity contribution in [3.8, 4) is 5.75 Å². The lowest BCUT2D eigenvalue weighted by Crippen LogP contribution is -2.52. The van der Waals surface area contributed by atoms with Crippen molar-refractivity contribution in [1.82, 2.24) is 9.80 Å². The van der Waals surface area contributed by atoms with Crippen LogP contribution in [-0.2, 0) is 17.9 Å². The molecule has 2 heterocycles. The van der Waals surface area contributed by atoms with E-state index >= 15 is 0 Å². The number of nitrogens with zero attached hydrogens (tertiary/aromatic N) is 2. The summed E-state index contributed by atoms with van der Waals surface area (Å²) in [6.07, 6.45) is 1.88. The molecule has 6 nitrogen and oxygen atoms in total. The molecule has 6 heteroatoms. The molecule has 2 amide bonds. The van der Waals surface area contributed by atoms with Crippen LogP contribution in [-0.4, -0.2) is 49.2 Å². The Bertz CT molecular complexity index is 1170. The molecule has 3 aromatic rings. The lowest BCUT2D eigenvalue weighted by Gasteiger charge is -2.45. The largest absolute Gasteiger partial charge is 0.497 e. The average Bonchev–Trinajstić information content (AvgIpc) is 2.89. The molecule has 2 aliphatic rings. The topological polar surface area (TPSA) is 54.0 Å². The van der Waals surface area contributed by atoms with Gasteiger partial charge in [-0.15, -0.1) is 0 Å². The standard InChI is InChI=1S/C29H33N3O3/c1-34-20-22-8-5-7-21(17-22)19-31-15-13-24(14-16-31)32-28(23-9-6-10-25(18-23)35-2)26-11-3-4-12-27(26)30-29(32)33/h3-12,17-18,24,28H,13-16,19-20H2,1-2H3,(H,30,33). The number of ether oxygens (including phenoxy) is 2. The van der Waals surface area contributed by atoms with Gasteiger partial charge in [-0.25, -0.2) is 4.79 Å². The average molecular weight is 472 g/mol. The van der Waals surface area contributed by atoms with Crippen molar-refractivity contribution in [1.29, 1.82) is 0 Å². The number of methoxy groups -OCH3 is 2. The first kappa shape index (κ1) is 23.4. The highest BCUT2D eigenvalue weighted by Gasteiger charge is 2.39. The van der Waals surface area contributed by atoms with Crippen LogP contribution in [0.15, 0.2) is 72.8 Å². The van der Waals surface area contributed by atoms with Crippen molar-refractivity contribution in [3.05, 3.63) is 95.1 Å². The third-order valence-corrected chi connectivity index (χ3v) is 7.08. The summed E-state index contributed by atoms with van der Waals surface area (Å²) in [6, 6.07) is 24.8. The Morgan fingerprint density at radius 1 is 0.914 bits per heavy atom. The number of anilines is 1. The van der Waals surface area contributed by atoms with Gasteiger partial charge in [-0.1, -0.05) is 54.6 Å². The maximum Gasteiger partial charge on any atom is 0.322 e. The van der Waals surface area contributed by atoms with Crippen molar-refractivity contribution in [2.45, 2.75) is 38.1 Å². The first-order chi connectivity index (χ1) is 17.2. The van der Waals surface area contributed by atoms with Gasteiger partial charge in [0.1, 0.15) is 5.75 Å². The second kappa shape index (κ2) is 10.5. The van der Waals surface area contributed by atoms with E-state index in [1.807, 2.05) is 30.3 Å². The minimum atomic E-state index is -0.141. The van der Waals surface area contributed by atoms with E-state index in [0.717, 1.165) is 55.0 Å². The predicted molar refractivity (Wildman–Crippen MR) is 138 cm³/mol. The van der Waals surface area contributed by atoms with Gasteiger partial charge in [0.25, 0.3) is 0 Å². The maximum atomic E-state index is 13.4. The van der Waals surface area contributed by atoms with E-state index < -0.39 is 0 Å². The van der Waals surface area contributed by atoms with Gasteiger partial charge in [-0.3, -0.25) is 4.90 Å². The van der Waals surface area contributed by atoms with Gasteiger partial charge >= 0.3 is 6.03 Å². The second-order valence-electron chi connectivity index (χ2n) is 9.36. The second-order valence-corrected chi connectivity index (χ2v) is 9.36. The van der Waals surface area contributed by atoms with Crippen LogP contribution in [0.5, 0.6) is 5.75 Å². The van der Waals surface area contributed by atoms with E-state index in [2.05, 4.69) is 57.6 Å². The zero-order valence-corrected chi connectivity index (χ0v) is 20.4. The lowest BCUT2D eigenvalue weighted by atomic mass is 9.90. The summed E-state index contributed by atoms with van der Waals surface area (Å²) in [5.41, 5.74) is 5.58. The van der Waals surface area contributed by atoms with Crippen LogP contribution >= 0.6 is 0 Å². The Morgan fingerprint density at radius 2 is 1.69 bits per heavy atom. The van der Waals surface area contributed by atoms with Gasteiger partial charge < -0.3 is 19.7 Å². The number of para-hydroxylation sites is 1. The van der Waals surface area contributed by atoms with E-state index in [1.165, 1.54) is 11.1 Å². The van der Waals surface area contributed by atoms with E-state index in [-0.39, 0.29) is 18.1 Å². The molecule has 1 fully saturated rings. The summed E-state index contributed by atoms with van der Waals surface area (Å²) < 4.78 is 10.8. The molecule has 0 aromatic heterocycles. The highest BCUT2D eigenvalue weighted by atomic mass is 16.5. The van der Waals surface area contributed by atoms with Crippen molar-refractivity contribution in [3.63, 3.8) is 0 Å². The number of likely N-dealkylation sites (tertiary alicyclic amines) is 1. The molecule has 0 radical (unpaired) electrons. The monoisotopic (exact) mass is 471 g/mol. The number of benzene rings is 3. The summed E-state index contributed by atoms with van der Waals surface area (Å²) in [5, 5.41) is 3.14. The number of rotatable bonds is 7. The van der Waals surface area contributed by atoms with Crippen molar-refractivity contribution >= 4 is 11.7 Å². The summed E-state index contributed by atoms with van der Waals surface area (Å²) in [6.45, 7) is 3.45. The van der Waals surface area contributed by atoms with Gasteiger partial charge in [0.2, 0.25) is 0 Å². The van der Waals surface area contributed by atoms with Gasteiger partial charge in [0.05, 0.1) is 19.8 Å². The van der Waals surface area contributed by atoms with E-state index in [0.29, 0.717) is 6.61 Å². The number of hydrogen-bond donors (Lipinski definition) is 1. The fraction of sp³-hybridized carbons (Fsp3) is 0.345. The summed E-state index contributed by atoms with van der Waals surface area (Å²) in [4.78, 5) is 18.0. The number of nitrogens with one attached hydrogen (secondary N) is 1. The first-order valence-electron chi connectivity index (χ1n) is 12.3. The van der Waals surface area contributed by atoms with Crippen LogP contribution in [0.25, 0.3) is 0 Å². The third kappa shape index (κ3) is 5.04. The SMILES string of the molecule is COCc1cccc(CN2CCC(N3C(=O)Nc4ccccc4C3c3cccc(OC)c3)CC2)c1. The molecule has 0 aliphatic carbocycles. The number of fused-ring (bicyclic) bond motifs is 1. The molecule has 0 spiro atoms. The van der Waals surface area contributed by atoms with Gasteiger partial charge in [-0.2, -0.15) is 0 Å². The van der Waals surface area contributed by atoms with Crippen LogP contribution in [0, 0.1) is 0 Å². The molecular formula is C29H33N3O3. The Labute approximate surface area is 207 Å². The van der Waals surface area contributed by atoms with Crippen molar-refractivity contribution in [2.75, 3.05) is 32.6 Å². The molecule has 35 heavy (non-hydrogen) atoms. The maximum absolute atomic E-state index is 13.4. The highest BCUT2D eigenvalue weighted by molar-refractivity contribution is 5.94. The zero-order chi connectivity index (χ0) is 24.2. The Morgan fingerprint density at radius 3 is 2.49 bits per heavy atom. The zero-order valence-electron chi connectivity index (χ0n) is 20.4. The van der Waals surface area contributed by atoms with Crippen LogP contribution in [0.4, 0.5) is 10.5 Å². The molecule has 2 aliphatic heterocycles. The smallest absolute Gasteiger partial charge is 0.322 e. The van der Waals surface area contributed by atoms with E-state index in [9.17, 15) is 4.79 Å². The molecule has 5 rings (SSSR count). The van der Waals surface area contributed by atoms with Crippen LogP contribution in [0.1, 0.15) is 41.1 Å². The first-order valence-corrected chi connectivity index (χ1v) is 12.3. The fourth-order valence-corrected chi connectivity index (χ4v) is 5.42. The molecule has 0 bridgehead atoms. The minimum absolute atomic E-state index is 0.0257. The number of amides is 2. The molecular weight excluding hydrogens is 438 g/mol. The number of piperidine rings is 1. The molecule has 1 N–H and O–H groups in total. The molecule has 3 aromatic carbocycles. The predicted octanol–water partition coefficient (Wildman–Crippen LogP) is 5.44. The minimum Gasteiger partial charge on any atom is -0.497 e. The molecule has 1 unspecified atom stereocenters. The summed E-state index contributed by atoms with van der Waals surface area (Å²) >= 11 is 0.